The molecule has 1 aromatic carbocycles. The summed E-state index contributed by atoms with van der Waals surface area (Å²) in [5, 5.41) is 6.07. The van der Waals surface area contributed by atoms with Gasteiger partial charge in [0.15, 0.2) is 0 Å². The summed E-state index contributed by atoms with van der Waals surface area (Å²) in [6, 6.07) is 7.54. The van der Waals surface area contributed by atoms with Gasteiger partial charge >= 0.3 is 0 Å². The topological polar surface area (TPSA) is 58.2 Å². The molecular weight excluding hydrogens is 300 g/mol. The van der Waals surface area contributed by atoms with E-state index in [-0.39, 0.29) is 23.7 Å². The molecule has 24 heavy (non-hydrogen) atoms. The molecule has 2 amide bonds. The van der Waals surface area contributed by atoms with Crippen molar-refractivity contribution in [1.29, 1.82) is 0 Å². The lowest BCUT2D eigenvalue weighted by Crippen LogP contribution is -2.27. The van der Waals surface area contributed by atoms with Crippen LogP contribution in [-0.2, 0) is 9.59 Å². The highest BCUT2D eigenvalue weighted by molar-refractivity contribution is 6.00. The third-order valence-corrected chi connectivity index (χ3v) is 5.39. The maximum absolute atomic E-state index is 12.5. The molecule has 0 spiro atoms. The molecule has 130 valence electrons. The minimum atomic E-state index is 0.0917. The molecule has 0 saturated heterocycles. The Morgan fingerprint density at radius 2 is 1.04 bits per heavy atom. The molecule has 0 heterocycles. The first-order valence-electron chi connectivity index (χ1n) is 9.45. The van der Waals surface area contributed by atoms with Gasteiger partial charge < -0.3 is 10.6 Å². The summed E-state index contributed by atoms with van der Waals surface area (Å²) in [7, 11) is 0. The molecule has 0 unspecified atom stereocenters. The smallest absolute Gasteiger partial charge is 0.227 e. The van der Waals surface area contributed by atoms with Crippen molar-refractivity contribution in [1.82, 2.24) is 0 Å². The molecule has 0 radical (unpaired) electrons. The summed E-state index contributed by atoms with van der Waals surface area (Å²) >= 11 is 0. The molecule has 0 aromatic heterocycles. The number of benzene rings is 1. The van der Waals surface area contributed by atoms with Crippen molar-refractivity contribution < 1.29 is 9.59 Å². The zero-order valence-electron chi connectivity index (χ0n) is 14.4. The predicted octanol–water partition coefficient (Wildman–Crippen LogP) is 4.72. The number of anilines is 2. The van der Waals surface area contributed by atoms with Crippen LogP contribution in [0.4, 0.5) is 11.4 Å². The molecule has 2 N–H and O–H groups in total. The van der Waals surface area contributed by atoms with Gasteiger partial charge in [0.05, 0.1) is 11.4 Å². The van der Waals surface area contributed by atoms with E-state index >= 15 is 0 Å². The van der Waals surface area contributed by atoms with Crippen molar-refractivity contribution in [3.05, 3.63) is 24.3 Å². The van der Waals surface area contributed by atoms with Crippen molar-refractivity contribution in [2.24, 2.45) is 11.8 Å². The van der Waals surface area contributed by atoms with Crippen molar-refractivity contribution in [3.8, 4) is 0 Å². The third kappa shape index (κ3) is 4.37. The van der Waals surface area contributed by atoms with Crippen molar-refractivity contribution in [2.75, 3.05) is 10.6 Å². The Balaban J connectivity index is 1.63. The molecule has 0 aliphatic heterocycles. The molecule has 3 rings (SSSR count). The number of nitrogens with one attached hydrogen (secondary N) is 2. The van der Waals surface area contributed by atoms with Gasteiger partial charge in [0.2, 0.25) is 11.8 Å². The van der Waals surface area contributed by atoms with Crippen LogP contribution >= 0.6 is 0 Å². The van der Waals surface area contributed by atoms with Gasteiger partial charge in [-0.3, -0.25) is 9.59 Å². The average molecular weight is 328 g/mol. The van der Waals surface area contributed by atoms with Crippen LogP contribution in [-0.4, -0.2) is 11.8 Å². The lowest BCUT2D eigenvalue weighted by Gasteiger charge is -2.23. The summed E-state index contributed by atoms with van der Waals surface area (Å²) in [6.07, 6.45) is 10.9. The minimum absolute atomic E-state index is 0.0917. The molecule has 2 aliphatic rings. The molecule has 2 fully saturated rings. The van der Waals surface area contributed by atoms with E-state index in [1.54, 1.807) is 0 Å². The van der Waals surface area contributed by atoms with Crippen LogP contribution in [0.2, 0.25) is 0 Å². The maximum Gasteiger partial charge on any atom is 0.227 e. The second-order valence-corrected chi connectivity index (χ2v) is 7.19. The maximum atomic E-state index is 12.5. The molecule has 0 atom stereocenters. The Kier molecular flexibility index (Phi) is 5.89. The van der Waals surface area contributed by atoms with Crippen molar-refractivity contribution in [3.63, 3.8) is 0 Å². The van der Waals surface area contributed by atoms with Crippen LogP contribution in [0.15, 0.2) is 24.3 Å². The van der Waals surface area contributed by atoms with E-state index in [1.807, 2.05) is 24.3 Å². The number of amides is 2. The van der Waals surface area contributed by atoms with Gasteiger partial charge in [-0.2, -0.15) is 0 Å². The quantitative estimate of drug-likeness (QED) is 0.840. The van der Waals surface area contributed by atoms with Gasteiger partial charge in [0.1, 0.15) is 0 Å². The lowest BCUT2D eigenvalue weighted by atomic mass is 9.88. The summed E-state index contributed by atoms with van der Waals surface area (Å²) in [6.45, 7) is 0. The number of carbonyl (C=O) groups excluding carboxylic acids is 2. The Morgan fingerprint density at radius 1 is 0.667 bits per heavy atom. The first-order chi connectivity index (χ1) is 11.7. The summed E-state index contributed by atoms with van der Waals surface area (Å²) < 4.78 is 0. The fourth-order valence-electron chi connectivity index (χ4n) is 3.90. The van der Waals surface area contributed by atoms with Gasteiger partial charge in [-0.15, -0.1) is 0 Å². The second-order valence-electron chi connectivity index (χ2n) is 7.19. The molecule has 0 bridgehead atoms. The molecule has 4 heteroatoms. The monoisotopic (exact) mass is 328 g/mol. The second kappa shape index (κ2) is 8.32. The van der Waals surface area contributed by atoms with E-state index < -0.39 is 0 Å². The van der Waals surface area contributed by atoms with E-state index in [2.05, 4.69) is 10.6 Å². The highest BCUT2D eigenvalue weighted by Gasteiger charge is 2.24. The van der Waals surface area contributed by atoms with Gasteiger partial charge in [0.25, 0.3) is 0 Å². The van der Waals surface area contributed by atoms with Crippen LogP contribution in [0.5, 0.6) is 0 Å². The van der Waals surface area contributed by atoms with Gasteiger partial charge in [-0.05, 0) is 37.8 Å². The minimum Gasteiger partial charge on any atom is -0.324 e. The number of hydrogen-bond donors (Lipinski definition) is 2. The molecule has 4 nitrogen and oxygen atoms in total. The Morgan fingerprint density at radius 3 is 1.42 bits per heavy atom. The third-order valence-electron chi connectivity index (χ3n) is 5.39. The molecule has 2 aliphatic carbocycles. The highest BCUT2D eigenvalue weighted by atomic mass is 16.2. The van der Waals surface area contributed by atoms with Crippen LogP contribution in [0.3, 0.4) is 0 Å². The normalized spacial score (nSPS) is 19.7. The van der Waals surface area contributed by atoms with Crippen LogP contribution in [0.1, 0.15) is 64.2 Å². The van der Waals surface area contributed by atoms with Gasteiger partial charge in [0, 0.05) is 11.8 Å². The van der Waals surface area contributed by atoms with E-state index in [4.69, 9.17) is 0 Å². The van der Waals surface area contributed by atoms with Crippen LogP contribution in [0, 0.1) is 11.8 Å². The molecule has 2 saturated carbocycles. The van der Waals surface area contributed by atoms with E-state index in [9.17, 15) is 9.59 Å². The average Bonchev–Trinajstić information content (AvgIpc) is 2.64. The highest BCUT2D eigenvalue weighted by Crippen LogP contribution is 2.29. The Labute approximate surface area is 144 Å². The van der Waals surface area contributed by atoms with E-state index in [0.717, 1.165) is 62.7 Å². The Hall–Kier alpha value is -1.84. The fraction of sp³-hybridized carbons (Fsp3) is 0.600. The number of carbonyl (C=O) groups is 2. The number of rotatable bonds is 4. The van der Waals surface area contributed by atoms with E-state index in [1.165, 1.54) is 12.8 Å². The summed E-state index contributed by atoms with van der Waals surface area (Å²) in [4.78, 5) is 25.0. The Bertz CT molecular complexity index is 522. The van der Waals surface area contributed by atoms with Crippen molar-refractivity contribution in [2.45, 2.75) is 64.2 Å². The summed E-state index contributed by atoms with van der Waals surface area (Å²) in [5.41, 5.74) is 1.44. The standard InChI is InChI=1S/C20H28N2O2/c23-19(15-9-3-1-4-10-15)21-17-13-7-8-14-18(17)22-20(24)16-11-5-2-6-12-16/h7-8,13-16H,1-6,9-12H2,(H,21,23)(H,22,24). The number of hydrogen-bond acceptors (Lipinski definition) is 2. The van der Waals surface area contributed by atoms with Crippen LogP contribution in [0.25, 0.3) is 0 Å². The van der Waals surface area contributed by atoms with Crippen molar-refractivity contribution >= 4 is 23.2 Å². The first-order valence-corrected chi connectivity index (χ1v) is 9.45. The van der Waals surface area contributed by atoms with Crippen LogP contribution < -0.4 is 10.6 Å². The first kappa shape index (κ1) is 17.0. The SMILES string of the molecule is O=C(Nc1ccccc1NC(=O)C1CCCCC1)C1CCCCC1. The summed E-state index contributed by atoms with van der Waals surface area (Å²) in [5.74, 6) is 0.407. The van der Waals surface area contributed by atoms with E-state index in [0.29, 0.717) is 0 Å². The largest absolute Gasteiger partial charge is 0.324 e. The zero-order valence-corrected chi connectivity index (χ0v) is 14.4. The number of para-hydroxylation sites is 2. The molecular formula is C20H28N2O2. The fourth-order valence-corrected chi connectivity index (χ4v) is 3.90. The predicted molar refractivity (Wildman–Crippen MR) is 96.9 cm³/mol. The van der Waals surface area contributed by atoms with Gasteiger partial charge in [-0.1, -0.05) is 50.7 Å². The zero-order chi connectivity index (χ0) is 16.8. The van der Waals surface area contributed by atoms with Gasteiger partial charge in [-0.25, -0.2) is 0 Å². The lowest BCUT2D eigenvalue weighted by molar-refractivity contribution is -0.121. The molecule has 1 aromatic rings.